The van der Waals surface area contributed by atoms with Gasteiger partial charge in [-0.3, -0.25) is 10.1 Å². The quantitative estimate of drug-likeness (QED) is 0.610. The molecule has 2 aromatic carbocycles. The van der Waals surface area contributed by atoms with Crippen molar-refractivity contribution < 1.29 is 18.3 Å². The molecule has 0 saturated carbocycles. The van der Waals surface area contributed by atoms with Crippen LogP contribution in [0.15, 0.2) is 66.2 Å². The summed E-state index contributed by atoms with van der Waals surface area (Å²) >= 11 is 1.34. The van der Waals surface area contributed by atoms with Crippen molar-refractivity contribution in [3.63, 3.8) is 0 Å². The predicted octanol–water partition coefficient (Wildman–Crippen LogP) is 4.06. The molecule has 0 bridgehead atoms. The Labute approximate surface area is 159 Å². The average Bonchev–Trinajstić information content (AvgIpc) is 3.16. The number of thiazole rings is 1. The number of carbonyl (C=O) groups is 1. The first-order chi connectivity index (χ1) is 13.1. The minimum atomic E-state index is -2.87. The standard InChI is InChI=1S/C19H17F2N3O2S/c20-18(21)26-15-8-6-14(7-9-15)17(13-4-2-1-3-5-13)23-12-16(25)24-19-22-10-11-27-19/h1-11,17-18,23H,12H2,(H,22,24,25). The Bertz CT molecular complexity index is 843. The Balaban J connectivity index is 1.72. The smallest absolute Gasteiger partial charge is 0.387 e. The molecule has 3 rings (SSSR count). The van der Waals surface area contributed by atoms with E-state index in [1.54, 1.807) is 23.7 Å². The van der Waals surface area contributed by atoms with Gasteiger partial charge in [0, 0.05) is 11.6 Å². The summed E-state index contributed by atoms with van der Waals surface area (Å²) in [5, 5.41) is 8.22. The van der Waals surface area contributed by atoms with Gasteiger partial charge >= 0.3 is 6.61 Å². The maximum absolute atomic E-state index is 12.3. The van der Waals surface area contributed by atoms with Gasteiger partial charge in [-0.25, -0.2) is 4.98 Å². The molecule has 1 amide bonds. The first-order valence-electron chi connectivity index (χ1n) is 8.14. The van der Waals surface area contributed by atoms with Crippen molar-refractivity contribution in [2.75, 3.05) is 11.9 Å². The van der Waals surface area contributed by atoms with Crippen LogP contribution in [0.5, 0.6) is 5.75 Å². The zero-order chi connectivity index (χ0) is 19.1. The van der Waals surface area contributed by atoms with Crippen molar-refractivity contribution in [3.05, 3.63) is 77.3 Å². The lowest BCUT2D eigenvalue weighted by Gasteiger charge is -2.20. The lowest BCUT2D eigenvalue weighted by Crippen LogP contribution is -2.31. The molecule has 0 aliphatic carbocycles. The molecule has 8 heteroatoms. The van der Waals surface area contributed by atoms with Crippen LogP contribution in [-0.4, -0.2) is 24.0 Å². The zero-order valence-electron chi connectivity index (χ0n) is 14.1. The van der Waals surface area contributed by atoms with Crippen molar-refractivity contribution in [2.24, 2.45) is 0 Å². The van der Waals surface area contributed by atoms with Crippen LogP contribution in [-0.2, 0) is 4.79 Å². The molecule has 0 saturated heterocycles. The molecule has 2 N–H and O–H groups in total. The Morgan fingerprint density at radius 1 is 1.07 bits per heavy atom. The topological polar surface area (TPSA) is 63.2 Å². The molecule has 0 radical (unpaired) electrons. The number of benzene rings is 2. The van der Waals surface area contributed by atoms with E-state index in [9.17, 15) is 13.6 Å². The summed E-state index contributed by atoms with van der Waals surface area (Å²) in [4.78, 5) is 16.2. The van der Waals surface area contributed by atoms with E-state index in [-0.39, 0.29) is 24.2 Å². The third-order valence-corrected chi connectivity index (χ3v) is 4.41. The van der Waals surface area contributed by atoms with E-state index in [2.05, 4.69) is 20.4 Å². The number of carbonyl (C=O) groups excluding carboxylic acids is 1. The van der Waals surface area contributed by atoms with Gasteiger partial charge in [0.1, 0.15) is 5.75 Å². The van der Waals surface area contributed by atoms with Crippen LogP contribution in [0, 0.1) is 0 Å². The maximum atomic E-state index is 12.3. The van der Waals surface area contributed by atoms with Crippen molar-refractivity contribution in [1.29, 1.82) is 0 Å². The van der Waals surface area contributed by atoms with E-state index in [0.717, 1.165) is 11.1 Å². The molecular weight excluding hydrogens is 372 g/mol. The van der Waals surface area contributed by atoms with Gasteiger partial charge in [-0.1, -0.05) is 42.5 Å². The van der Waals surface area contributed by atoms with Gasteiger partial charge in [0.25, 0.3) is 0 Å². The lowest BCUT2D eigenvalue weighted by atomic mass is 9.98. The highest BCUT2D eigenvalue weighted by Gasteiger charge is 2.16. The molecule has 27 heavy (non-hydrogen) atoms. The molecule has 1 atom stereocenters. The largest absolute Gasteiger partial charge is 0.435 e. The second kappa shape index (κ2) is 9.20. The van der Waals surface area contributed by atoms with Crippen molar-refractivity contribution in [1.82, 2.24) is 10.3 Å². The predicted molar refractivity (Wildman–Crippen MR) is 100 cm³/mol. The minimum Gasteiger partial charge on any atom is -0.435 e. The summed E-state index contributed by atoms with van der Waals surface area (Å²) in [7, 11) is 0. The van der Waals surface area contributed by atoms with E-state index in [0.29, 0.717) is 5.13 Å². The molecule has 3 aromatic rings. The van der Waals surface area contributed by atoms with Gasteiger partial charge in [0.2, 0.25) is 5.91 Å². The van der Waals surface area contributed by atoms with Gasteiger partial charge < -0.3 is 10.1 Å². The fourth-order valence-corrected chi connectivity index (χ4v) is 3.10. The minimum absolute atomic E-state index is 0.0639. The van der Waals surface area contributed by atoms with Crippen molar-refractivity contribution in [2.45, 2.75) is 12.7 Å². The molecule has 1 unspecified atom stereocenters. The Kier molecular flexibility index (Phi) is 6.45. The fourth-order valence-electron chi connectivity index (χ4n) is 2.56. The summed E-state index contributed by atoms with van der Waals surface area (Å²) in [6, 6.07) is 15.6. The van der Waals surface area contributed by atoms with Gasteiger partial charge in [0.05, 0.1) is 12.6 Å². The second-order valence-electron chi connectivity index (χ2n) is 5.56. The van der Waals surface area contributed by atoms with Crippen LogP contribution in [0.25, 0.3) is 0 Å². The summed E-state index contributed by atoms with van der Waals surface area (Å²) in [5.74, 6) is -0.134. The van der Waals surface area contributed by atoms with Gasteiger partial charge in [-0.05, 0) is 23.3 Å². The number of ether oxygens (including phenoxy) is 1. The average molecular weight is 389 g/mol. The number of rotatable bonds is 8. The summed E-state index contributed by atoms with van der Waals surface area (Å²) in [6.45, 7) is -2.80. The van der Waals surface area contributed by atoms with Gasteiger partial charge in [-0.15, -0.1) is 11.3 Å². The Morgan fingerprint density at radius 2 is 1.78 bits per heavy atom. The number of hydrogen-bond donors (Lipinski definition) is 2. The van der Waals surface area contributed by atoms with Crippen LogP contribution in [0.2, 0.25) is 0 Å². The van der Waals surface area contributed by atoms with E-state index < -0.39 is 6.61 Å². The summed E-state index contributed by atoms with van der Waals surface area (Å²) in [6.07, 6.45) is 1.61. The molecule has 1 heterocycles. The van der Waals surface area contributed by atoms with Crippen molar-refractivity contribution in [3.8, 4) is 5.75 Å². The van der Waals surface area contributed by atoms with Crippen LogP contribution in [0.4, 0.5) is 13.9 Å². The highest BCUT2D eigenvalue weighted by atomic mass is 32.1. The monoisotopic (exact) mass is 389 g/mol. The van der Waals surface area contributed by atoms with Gasteiger partial charge in [-0.2, -0.15) is 8.78 Å². The first kappa shape index (κ1) is 18.9. The SMILES string of the molecule is O=C(CNC(c1ccccc1)c1ccc(OC(F)F)cc1)Nc1nccs1. The van der Waals surface area contributed by atoms with Crippen LogP contribution >= 0.6 is 11.3 Å². The van der Waals surface area contributed by atoms with E-state index in [1.165, 1.54) is 23.5 Å². The number of halogens is 2. The number of amides is 1. The van der Waals surface area contributed by atoms with E-state index in [4.69, 9.17) is 0 Å². The number of aromatic nitrogens is 1. The molecule has 140 valence electrons. The normalized spacial score (nSPS) is 12.0. The third kappa shape index (κ3) is 5.57. The third-order valence-electron chi connectivity index (χ3n) is 3.72. The van der Waals surface area contributed by atoms with Gasteiger partial charge in [0.15, 0.2) is 5.13 Å². The summed E-state index contributed by atoms with van der Waals surface area (Å²) in [5.41, 5.74) is 1.77. The number of anilines is 1. The molecule has 5 nitrogen and oxygen atoms in total. The van der Waals surface area contributed by atoms with E-state index in [1.807, 2.05) is 30.3 Å². The molecule has 0 spiro atoms. The first-order valence-corrected chi connectivity index (χ1v) is 9.02. The number of nitrogens with one attached hydrogen (secondary N) is 2. The highest BCUT2D eigenvalue weighted by molar-refractivity contribution is 7.13. The zero-order valence-corrected chi connectivity index (χ0v) is 15.0. The molecule has 1 aromatic heterocycles. The summed E-state index contributed by atoms with van der Waals surface area (Å²) < 4.78 is 29.0. The lowest BCUT2D eigenvalue weighted by molar-refractivity contribution is -0.115. The number of nitrogens with zero attached hydrogens (tertiary/aromatic N) is 1. The van der Waals surface area contributed by atoms with Crippen LogP contribution in [0.3, 0.4) is 0 Å². The van der Waals surface area contributed by atoms with Crippen LogP contribution in [0.1, 0.15) is 17.2 Å². The van der Waals surface area contributed by atoms with E-state index >= 15 is 0 Å². The molecule has 0 aliphatic heterocycles. The highest BCUT2D eigenvalue weighted by Crippen LogP contribution is 2.24. The molecular formula is C19H17F2N3O2S. The second-order valence-corrected chi connectivity index (χ2v) is 6.45. The number of hydrogen-bond acceptors (Lipinski definition) is 5. The fraction of sp³-hybridized carbons (Fsp3) is 0.158. The van der Waals surface area contributed by atoms with Crippen molar-refractivity contribution >= 4 is 22.4 Å². The Hall–Kier alpha value is -2.84. The number of alkyl halides is 2. The molecule has 0 fully saturated rings. The molecule has 0 aliphatic rings. The maximum Gasteiger partial charge on any atom is 0.387 e. The Morgan fingerprint density at radius 3 is 2.41 bits per heavy atom. The van der Waals surface area contributed by atoms with Crippen LogP contribution < -0.4 is 15.4 Å².